The Labute approximate surface area is 205 Å². The summed E-state index contributed by atoms with van der Waals surface area (Å²) in [5.74, 6) is 0.980. The topological polar surface area (TPSA) is 38.8 Å². The molecule has 1 saturated heterocycles. The molecule has 0 N–H and O–H groups in total. The fourth-order valence-corrected chi connectivity index (χ4v) is 4.70. The van der Waals surface area contributed by atoms with Crippen molar-refractivity contribution in [3.8, 4) is 11.5 Å². The Morgan fingerprint density at radius 3 is 2.50 bits per heavy atom. The van der Waals surface area contributed by atoms with Crippen molar-refractivity contribution in [2.45, 2.75) is 6.61 Å². The molecule has 1 amide bonds. The predicted molar refractivity (Wildman–Crippen MR) is 136 cm³/mol. The summed E-state index contributed by atoms with van der Waals surface area (Å²) < 4.78 is 11.8. The molecule has 0 saturated carbocycles. The van der Waals surface area contributed by atoms with E-state index in [1.165, 1.54) is 16.7 Å². The summed E-state index contributed by atoms with van der Waals surface area (Å²) in [6.45, 7) is 0.380. The maximum absolute atomic E-state index is 13.0. The van der Waals surface area contributed by atoms with Gasteiger partial charge in [-0.1, -0.05) is 71.4 Å². The molecule has 3 aromatic carbocycles. The molecule has 162 valence electrons. The van der Waals surface area contributed by atoms with Crippen LogP contribution in [0.3, 0.4) is 0 Å². The lowest BCUT2D eigenvalue weighted by Gasteiger charge is -2.14. The highest BCUT2D eigenvalue weighted by atomic mass is 35.5. The Balaban J connectivity index is 1.53. The van der Waals surface area contributed by atoms with Crippen LogP contribution < -0.4 is 14.4 Å². The first-order valence-corrected chi connectivity index (χ1v) is 11.5. The normalized spacial score (nSPS) is 14.8. The molecule has 1 heterocycles. The minimum Gasteiger partial charge on any atom is -0.493 e. The van der Waals surface area contributed by atoms with Gasteiger partial charge in [-0.05, 0) is 59.7 Å². The molecule has 0 radical (unpaired) electrons. The molecule has 1 aliphatic heterocycles. The Kier molecular flexibility index (Phi) is 7.06. The summed E-state index contributed by atoms with van der Waals surface area (Å²) in [6.07, 6.45) is 1.79. The third-order valence-corrected chi connectivity index (χ3v) is 6.44. The zero-order chi connectivity index (χ0) is 22.7. The van der Waals surface area contributed by atoms with Gasteiger partial charge in [0, 0.05) is 10.0 Å². The molecule has 4 nitrogen and oxygen atoms in total. The SMILES string of the molecule is COc1cc(/C=C2/SC(=S)N(c3cccc(Cl)c3)C2=O)ccc1OCc1ccc(Cl)cc1. The van der Waals surface area contributed by atoms with Crippen LogP contribution in [0.1, 0.15) is 11.1 Å². The summed E-state index contributed by atoms with van der Waals surface area (Å²) in [4.78, 5) is 15.0. The second-order valence-corrected chi connectivity index (χ2v) is 9.37. The van der Waals surface area contributed by atoms with Crippen LogP contribution in [0.25, 0.3) is 6.08 Å². The van der Waals surface area contributed by atoms with Gasteiger partial charge in [-0.15, -0.1) is 0 Å². The standard InChI is InChI=1S/C24H17Cl2NO3S2/c1-29-21-11-16(7-10-20(21)30-14-15-5-8-17(25)9-6-15)12-22-23(28)27(24(31)32-22)19-4-2-3-18(26)13-19/h2-13H,14H2,1H3/b22-12+. The lowest BCUT2D eigenvalue weighted by atomic mass is 10.1. The largest absolute Gasteiger partial charge is 0.493 e. The van der Waals surface area contributed by atoms with Crippen LogP contribution in [0.5, 0.6) is 11.5 Å². The molecular weight excluding hydrogens is 485 g/mol. The van der Waals surface area contributed by atoms with Crippen LogP contribution in [0.2, 0.25) is 10.0 Å². The highest BCUT2D eigenvalue weighted by molar-refractivity contribution is 8.27. The number of rotatable bonds is 6. The fourth-order valence-electron chi connectivity index (χ4n) is 3.09. The molecule has 8 heteroatoms. The van der Waals surface area contributed by atoms with Crippen LogP contribution in [0.15, 0.2) is 71.6 Å². The lowest BCUT2D eigenvalue weighted by molar-refractivity contribution is -0.113. The smallest absolute Gasteiger partial charge is 0.270 e. The average molecular weight is 502 g/mol. The van der Waals surface area contributed by atoms with Crippen LogP contribution in [-0.4, -0.2) is 17.3 Å². The van der Waals surface area contributed by atoms with E-state index in [9.17, 15) is 4.79 Å². The molecule has 0 unspecified atom stereocenters. The van der Waals surface area contributed by atoms with Crippen molar-refractivity contribution in [3.05, 3.63) is 92.8 Å². The van der Waals surface area contributed by atoms with E-state index in [1.54, 1.807) is 37.5 Å². The van der Waals surface area contributed by atoms with E-state index >= 15 is 0 Å². The number of hydrogen-bond acceptors (Lipinski definition) is 5. The molecule has 4 rings (SSSR count). The number of thioether (sulfide) groups is 1. The van der Waals surface area contributed by atoms with Crippen molar-refractivity contribution in [2.75, 3.05) is 12.0 Å². The highest BCUT2D eigenvalue weighted by Crippen LogP contribution is 2.38. The summed E-state index contributed by atoms with van der Waals surface area (Å²) >= 11 is 18.7. The molecule has 0 aliphatic carbocycles. The van der Waals surface area contributed by atoms with Gasteiger partial charge in [-0.25, -0.2) is 0 Å². The van der Waals surface area contributed by atoms with Crippen molar-refractivity contribution in [2.24, 2.45) is 0 Å². The summed E-state index contributed by atoms with van der Waals surface area (Å²) in [5, 5.41) is 1.22. The quantitative estimate of drug-likeness (QED) is 0.269. The molecule has 0 atom stereocenters. The molecule has 0 aromatic heterocycles. The van der Waals surface area contributed by atoms with Crippen molar-refractivity contribution in [1.82, 2.24) is 0 Å². The first-order valence-electron chi connectivity index (χ1n) is 9.53. The third kappa shape index (κ3) is 5.10. The van der Waals surface area contributed by atoms with E-state index in [0.717, 1.165) is 11.1 Å². The molecular formula is C24H17Cl2NO3S2. The lowest BCUT2D eigenvalue weighted by Crippen LogP contribution is -2.27. The monoisotopic (exact) mass is 501 g/mol. The average Bonchev–Trinajstić information content (AvgIpc) is 3.06. The zero-order valence-electron chi connectivity index (χ0n) is 16.9. The molecule has 0 spiro atoms. The number of halogens is 2. The van der Waals surface area contributed by atoms with E-state index in [-0.39, 0.29) is 5.91 Å². The van der Waals surface area contributed by atoms with E-state index in [1.807, 2.05) is 42.5 Å². The first-order chi connectivity index (χ1) is 15.4. The minimum absolute atomic E-state index is 0.190. The van der Waals surface area contributed by atoms with Gasteiger partial charge in [0.05, 0.1) is 17.7 Å². The number of thiocarbonyl (C=S) groups is 1. The van der Waals surface area contributed by atoms with Gasteiger partial charge in [-0.2, -0.15) is 0 Å². The van der Waals surface area contributed by atoms with Crippen LogP contribution in [0, 0.1) is 0 Å². The van der Waals surface area contributed by atoms with Crippen LogP contribution in [-0.2, 0) is 11.4 Å². The maximum Gasteiger partial charge on any atom is 0.270 e. The van der Waals surface area contributed by atoms with Gasteiger partial charge < -0.3 is 9.47 Å². The Morgan fingerprint density at radius 2 is 1.78 bits per heavy atom. The molecule has 1 aliphatic rings. The summed E-state index contributed by atoms with van der Waals surface area (Å²) in [5.41, 5.74) is 2.43. The van der Waals surface area contributed by atoms with Crippen molar-refractivity contribution < 1.29 is 14.3 Å². The molecule has 3 aromatic rings. The Bertz CT molecular complexity index is 1210. The van der Waals surface area contributed by atoms with Crippen molar-refractivity contribution in [3.63, 3.8) is 0 Å². The highest BCUT2D eigenvalue weighted by Gasteiger charge is 2.33. The van der Waals surface area contributed by atoms with Gasteiger partial charge in [-0.3, -0.25) is 9.69 Å². The second kappa shape index (κ2) is 9.96. The van der Waals surface area contributed by atoms with E-state index in [4.69, 9.17) is 44.9 Å². The van der Waals surface area contributed by atoms with Gasteiger partial charge >= 0.3 is 0 Å². The number of methoxy groups -OCH3 is 1. The number of ether oxygens (including phenoxy) is 2. The molecule has 32 heavy (non-hydrogen) atoms. The molecule has 0 bridgehead atoms. The first kappa shape index (κ1) is 22.7. The number of anilines is 1. The number of benzene rings is 3. The van der Waals surface area contributed by atoms with Crippen LogP contribution >= 0.6 is 47.2 Å². The van der Waals surface area contributed by atoms with Gasteiger partial charge in [0.15, 0.2) is 15.8 Å². The zero-order valence-corrected chi connectivity index (χ0v) is 20.0. The second-order valence-electron chi connectivity index (χ2n) is 6.82. The van der Waals surface area contributed by atoms with E-state index in [0.29, 0.717) is 43.1 Å². The Hall–Kier alpha value is -2.51. The number of hydrogen-bond donors (Lipinski definition) is 0. The van der Waals surface area contributed by atoms with Gasteiger partial charge in [0.25, 0.3) is 5.91 Å². The van der Waals surface area contributed by atoms with Crippen molar-refractivity contribution >= 4 is 69.2 Å². The van der Waals surface area contributed by atoms with Gasteiger partial charge in [0.1, 0.15) is 6.61 Å². The summed E-state index contributed by atoms with van der Waals surface area (Å²) in [7, 11) is 1.58. The molecule has 1 fully saturated rings. The summed E-state index contributed by atoms with van der Waals surface area (Å²) in [6, 6.07) is 20.0. The predicted octanol–water partition coefficient (Wildman–Crippen LogP) is 6.99. The van der Waals surface area contributed by atoms with Crippen molar-refractivity contribution in [1.29, 1.82) is 0 Å². The number of nitrogens with zero attached hydrogens (tertiary/aromatic N) is 1. The third-order valence-electron chi connectivity index (χ3n) is 4.65. The number of carbonyl (C=O) groups is 1. The fraction of sp³-hybridized carbons (Fsp3) is 0.0833. The van der Waals surface area contributed by atoms with E-state index < -0.39 is 0 Å². The van der Waals surface area contributed by atoms with Gasteiger partial charge in [0.2, 0.25) is 0 Å². The minimum atomic E-state index is -0.190. The Morgan fingerprint density at radius 1 is 1.00 bits per heavy atom. The maximum atomic E-state index is 13.0. The van der Waals surface area contributed by atoms with E-state index in [2.05, 4.69) is 0 Å². The van der Waals surface area contributed by atoms with Crippen LogP contribution in [0.4, 0.5) is 5.69 Å². The number of carbonyl (C=O) groups excluding carboxylic acids is 1. The number of amides is 1.